The summed E-state index contributed by atoms with van der Waals surface area (Å²) in [4.78, 5) is 32.4. The van der Waals surface area contributed by atoms with E-state index in [4.69, 9.17) is 4.74 Å². The molecule has 3 heterocycles. The van der Waals surface area contributed by atoms with Gasteiger partial charge in [-0.2, -0.15) is 0 Å². The van der Waals surface area contributed by atoms with Gasteiger partial charge in [-0.1, -0.05) is 18.2 Å². The second kappa shape index (κ2) is 8.28. The third kappa shape index (κ3) is 3.77. The van der Waals surface area contributed by atoms with Gasteiger partial charge < -0.3 is 10.1 Å². The van der Waals surface area contributed by atoms with E-state index in [1.54, 1.807) is 24.5 Å². The smallest absolute Gasteiger partial charge is 0.278 e. The fraction of sp³-hybridized carbons (Fsp3) is 0.136. The van der Waals surface area contributed by atoms with E-state index in [0.29, 0.717) is 23.6 Å². The number of nitrogens with zero attached hydrogens (tertiary/aromatic N) is 2. The Bertz CT molecular complexity index is 1060. The molecule has 1 aliphatic rings. The topological polar surface area (TPSA) is 71.5 Å². The van der Waals surface area contributed by atoms with Gasteiger partial charge in [0.2, 0.25) is 0 Å². The average molecular weight is 405 g/mol. The van der Waals surface area contributed by atoms with Crippen molar-refractivity contribution in [1.82, 2.24) is 9.88 Å². The van der Waals surface area contributed by atoms with Crippen LogP contribution in [0.3, 0.4) is 0 Å². The Morgan fingerprint density at radius 3 is 2.55 bits per heavy atom. The lowest BCUT2D eigenvalue weighted by molar-refractivity contribution is -0.137. The molecule has 0 bridgehead atoms. The minimum absolute atomic E-state index is 0.188. The monoisotopic (exact) mass is 405 g/mol. The summed E-state index contributed by atoms with van der Waals surface area (Å²) >= 11 is 1.42. The van der Waals surface area contributed by atoms with Crippen LogP contribution in [-0.4, -0.2) is 28.3 Å². The first-order valence-corrected chi connectivity index (χ1v) is 10.1. The molecule has 0 saturated heterocycles. The number of hydrogen-bond acceptors (Lipinski definition) is 6. The molecule has 1 aliphatic heterocycles. The number of rotatable bonds is 7. The number of amides is 2. The van der Waals surface area contributed by atoms with Crippen molar-refractivity contribution in [2.45, 2.75) is 13.5 Å². The third-order valence-corrected chi connectivity index (χ3v) is 5.36. The quantitative estimate of drug-likeness (QED) is 0.603. The van der Waals surface area contributed by atoms with Gasteiger partial charge in [-0.3, -0.25) is 19.5 Å². The standard InChI is InChI=1S/C22H19N3O3S/c1-2-28-17-7-4-3-6-16(17)24-20-19(18-8-5-13-29-18)21(26)25(22(20)27)14-15-9-11-23-12-10-15/h3-13,24H,2,14H2,1H3. The van der Waals surface area contributed by atoms with E-state index >= 15 is 0 Å². The number of anilines is 1. The van der Waals surface area contributed by atoms with E-state index in [1.807, 2.05) is 48.7 Å². The first-order valence-electron chi connectivity index (χ1n) is 9.21. The molecule has 0 atom stereocenters. The van der Waals surface area contributed by atoms with E-state index in [9.17, 15) is 9.59 Å². The SMILES string of the molecule is CCOc1ccccc1NC1=C(c2cccs2)C(=O)N(Cc2ccncc2)C1=O. The summed E-state index contributed by atoms with van der Waals surface area (Å²) < 4.78 is 5.66. The number of nitrogens with one attached hydrogen (secondary N) is 1. The number of thiophene rings is 1. The zero-order chi connectivity index (χ0) is 20.2. The molecule has 7 heteroatoms. The van der Waals surface area contributed by atoms with Crippen LogP contribution in [0.2, 0.25) is 0 Å². The largest absolute Gasteiger partial charge is 0.492 e. The Labute approximate surface area is 172 Å². The third-order valence-electron chi connectivity index (χ3n) is 4.47. The predicted octanol–water partition coefficient (Wildman–Crippen LogP) is 3.93. The summed E-state index contributed by atoms with van der Waals surface area (Å²) in [5.74, 6) is -0.0481. The van der Waals surface area contributed by atoms with Crippen molar-refractivity contribution >= 4 is 34.4 Å². The maximum Gasteiger partial charge on any atom is 0.278 e. The van der Waals surface area contributed by atoms with E-state index in [0.717, 1.165) is 10.4 Å². The normalized spacial score (nSPS) is 13.9. The van der Waals surface area contributed by atoms with Gasteiger partial charge in [-0.15, -0.1) is 11.3 Å². The summed E-state index contributed by atoms with van der Waals surface area (Å²) in [6.45, 7) is 2.58. The zero-order valence-corrected chi connectivity index (χ0v) is 16.6. The lowest BCUT2D eigenvalue weighted by Gasteiger charge is -2.16. The molecule has 2 aromatic heterocycles. The molecule has 29 heavy (non-hydrogen) atoms. The van der Waals surface area contributed by atoms with Crippen LogP contribution < -0.4 is 10.1 Å². The number of para-hydroxylation sites is 2. The molecule has 3 aromatic rings. The molecule has 0 radical (unpaired) electrons. The van der Waals surface area contributed by atoms with Crippen LogP contribution in [-0.2, 0) is 16.1 Å². The summed E-state index contributed by atoms with van der Waals surface area (Å²) in [6, 6.07) is 14.7. The van der Waals surface area contributed by atoms with Crippen LogP contribution in [0.25, 0.3) is 5.57 Å². The van der Waals surface area contributed by atoms with Crippen LogP contribution in [0.5, 0.6) is 5.75 Å². The molecule has 2 amide bonds. The van der Waals surface area contributed by atoms with Gasteiger partial charge in [0.15, 0.2) is 0 Å². The number of carbonyl (C=O) groups excluding carboxylic acids is 2. The van der Waals surface area contributed by atoms with Gasteiger partial charge in [0, 0.05) is 17.3 Å². The van der Waals surface area contributed by atoms with Gasteiger partial charge in [0.25, 0.3) is 11.8 Å². The van der Waals surface area contributed by atoms with E-state index < -0.39 is 0 Å². The Balaban J connectivity index is 1.72. The summed E-state index contributed by atoms with van der Waals surface area (Å²) in [6.07, 6.45) is 3.29. The summed E-state index contributed by atoms with van der Waals surface area (Å²) in [5, 5.41) is 5.05. The van der Waals surface area contributed by atoms with E-state index in [2.05, 4.69) is 10.3 Å². The fourth-order valence-corrected chi connectivity index (χ4v) is 3.91. The van der Waals surface area contributed by atoms with E-state index in [-0.39, 0.29) is 24.1 Å². The zero-order valence-electron chi connectivity index (χ0n) is 15.8. The lowest BCUT2D eigenvalue weighted by Crippen LogP contribution is -2.32. The number of carbonyl (C=O) groups is 2. The minimum atomic E-state index is -0.360. The van der Waals surface area contributed by atoms with E-state index in [1.165, 1.54) is 16.2 Å². The van der Waals surface area contributed by atoms with Gasteiger partial charge >= 0.3 is 0 Å². The van der Waals surface area contributed by atoms with Crippen molar-refractivity contribution in [3.05, 3.63) is 82.4 Å². The van der Waals surface area contributed by atoms with Gasteiger partial charge in [0.1, 0.15) is 11.4 Å². The molecule has 0 saturated carbocycles. The number of aromatic nitrogens is 1. The second-order valence-corrected chi connectivity index (χ2v) is 7.28. The first-order chi connectivity index (χ1) is 14.2. The van der Waals surface area contributed by atoms with Crippen LogP contribution in [0.1, 0.15) is 17.4 Å². The molecule has 146 valence electrons. The van der Waals surface area contributed by atoms with Crippen molar-refractivity contribution in [2.75, 3.05) is 11.9 Å². The predicted molar refractivity (Wildman–Crippen MR) is 112 cm³/mol. The number of benzene rings is 1. The number of ether oxygens (including phenoxy) is 1. The Hall–Kier alpha value is -3.45. The molecule has 0 aliphatic carbocycles. The van der Waals surface area contributed by atoms with Crippen molar-refractivity contribution in [3.8, 4) is 5.75 Å². The highest BCUT2D eigenvalue weighted by Crippen LogP contribution is 2.35. The van der Waals surface area contributed by atoms with Gasteiger partial charge in [-0.05, 0) is 48.2 Å². The van der Waals surface area contributed by atoms with Gasteiger partial charge in [-0.25, -0.2) is 0 Å². The van der Waals surface area contributed by atoms with Crippen molar-refractivity contribution in [3.63, 3.8) is 0 Å². The Morgan fingerprint density at radius 1 is 1.03 bits per heavy atom. The second-order valence-electron chi connectivity index (χ2n) is 6.33. The number of hydrogen-bond donors (Lipinski definition) is 1. The molecular formula is C22H19N3O3S. The van der Waals surface area contributed by atoms with Crippen LogP contribution in [0.4, 0.5) is 5.69 Å². The lowest BCUT2D eigenvalue weighted by atomic mass is 10.1. The molecule has 1 N–H and O–H groups in total. The highest BCUT2D eigenvalue weighted by atomic mass is 32.1. The maximum atomic E-state index is 13.2. The van der Waals surface area contributed by atoms with Crippen LogP contribution in [0, 0.1) is 0 Å². The highest BCUT2D eigenvalue weighted by Gasteiger charge is 2.39. The molecule has 6 nitrogen and oxygen atoms in total. The van der Waals surface area contributed by atoms with Crippen LogP contribution in [0.15, 0.2) is 72.0 Å². The summed E-state index contributed by atoms with van der Waals surface area (Å²) in [7, 11) is 0. The number of pyridine rings is 1. The fourth-order valence-electron chi connectivity index (χ4n) is 3.14. The molecule has 1 aromatic carbocycles. The first kappa shape index (κ1) is 18.9. The Kier molecular flexibility index (Phi) is 5.39. The van der Waals surface area contributed by atoms with Crippen molar-refractivity contribution in [1.29, 1.82) is 0 Å². The number of imide groups is 1. The molecule has 0 spiro atoms. The average Bonchev–Trinajstić information content (AvgIpc) is 3.34. The minimum Gasteiger partial charge on any atom is -0.492 e. The van der Waals surface area contributed by atoms with Crippen molar-refractivity contribution in [2.24, 2.45) is 0 Å². The van der Waals surface area contributed by atoms with Crippen molar-refractivity contribution < 1.29 is 14.3 Å². The highest BCUT2D eigenvalue weighted by molar-refractivity contribution is 7.11. The van der Waals surface area contributed by atoms with Crippen LogP contribution >= 0.6 is 11.3 Å². The maximum absolute atomic E-state index is 13.2. The Morgan fingerprint density at radius 2 is 1.83 bits per heavy atom. The van der Waals surface area contributed by atoms with Gasteiger partial charge in [0.05, 0.1) is 24.4 Å². The summed E-state index contributed by atoms with van der Waals surface area (Å²) in [5.41, 5.74) is 2.12. The molecule has 0 unspecified atom stereocenters. The molecule has 4 rings (SSSR count). The molecule has 0 fully saturated rings. The molecular weight excluding hydrogens is 386 g/mol.